The highest BCUT2D eigenvalue weighted by Crippen LogP contribution is 2.27. The SMILES string of the molecule is N#CCc1ccnc(N2C(=O)c3ccccc3C2=O)c1. The van der Waals surface area contributed by atoms with Gasteiger partial charge in [-0.1, -0.05) is 12.1 Å². The highest BCUT2D eigenvalue weighted by molar-refractivity contribution is 6.34. The van der Waals surface area contributed by atoms with Crippen LogP contribution < -0.4 is 4.90 Å². The Morgan fingerprint density at radius 2 is 1.75 bits per heavy atom. The van der Waals surface area contributed by atoms with Crippen molar-refractivity contribution in [1.29, 1.82) is 5.26 Å². The summed E-state index contributed by atoms with van der Waals surface area (Å²) in [4.78, 5) is 29.7. The summed E-state index contributed by atoms with van der Waals surface area (Å²) in [5, 5.41) is 8.70. The lowest BCUT2D eigenvalue weighted by molar-refractivity contribution is 0.0925. The summed E-state index contributed by atoms with van der Waals surface area (Å²) in [5.74, 6) is -0.511. The number of aromatic nitrogens is 1. The van der Waals surface area contributed by atoms with E-state index in [2.05, 4.69) is 4.98 Å². The van der Waals surface area contributed by atoms with E-state index in [1.807, 2.05) is 6.07 Å². The Bertz CT molecular complexity index is 727. The van der Waals surface area contributed by atoms with E-state index < -0.39 is 0 Å². The highest BCUT2D eigenvalue weighted by atomic mass is 16.2. The number of hydrogen-bond donors (Lipinski definition) is 0. The van der Waals surface area contributed by atoms with Crippen LogP contribution in [0.15, 0.2) is 42.6 Å². The molecule has 0 atom stereocenters. The zero-order chi connectivity index (χ0) is 14.1. The van der Waals surface area contributed by atoms with Gasteiger partial charge in [0.05, 0.1) is 23.6 Å². The molecule has 0 fully saturated rings. The van der Waals surface area contributed by atoms with Gasteiger partial charge in [0.15, 0.2) is 0 Å². The van der Waals surface area contributed by atoms with Crippen LogP contribution >= 0.6 is 0 Å². The third-order valence-corrected chi connectivity index (χ3v) is 3.12. The first-order valence-corrected chi connectivity index (χ1v) is 6.02. The minimum absolute atomic E-state index is 0.207. The number of rotatable bonds is 2. The molecular weight excluding hydrogens is 254 g/mol. The van der Waals surface area contributed by atoms with Crippen molar-refractivity contribution in [2.45, 2.75) is 6.42 Å². The molecule has 5 nitrogen and oxygen atoms in total. The van der Waals surface area contributed by atoms with Crippen molar-refractivity contribution < 1.29 is 9.59 Å². The van der Waals surface area contributed by atoms with E-state index in [0.29, 0.717) is 16.7 Å². The summed E-state index contributed by atoms with van der Waals surface area (Å²) in [5.41, 5.74) is 1.48. The number of nitrogens with zero attached hydrogens (tertiary/aromatic N) is 3. The van der Waals surface area contributed by atoms with Gasteiger partial charge in [0.2, 0.25) is 0 Å². The number of carbonyl (C=O) groups is 2. The van der Waals surface area contributed by atoms with Crippen LogP contribution in [-0.2, 0) is 6.42 Å². The molecule has 20 heavy (non-hydrogen) atoms. The second-order valence-corrected chi connectivity index (χ2v) is 4.35. The van der Waals surface area contributed by atoms with Gasteiger partial charge in [-0.05, 0) is 29.8 Å². The molecule has 1 aromatic carbocycles. The number of amides is 2. The molecule has 2 amide bonds. The normalized spacial score (nSPS) is 13.2. The number of imide groups is 1. The predicted octanol–water partition coefficient (Wildman–Crippen LogP) is 1.95. The van der Waals surface area contributed by atoms with Gasteiger partial charge in [0, 0.05) is 6.20 Å². The standard InChI is InChI=1S/C15H9N3O2/c16-7-5-10-6-8-17-13(9-10)18-14(19)11-3-1-2-4-12(11)15(18)20/h1-4,6,8-9H,5H2. The van der Waals surface area contributed by atoms with Crippen molar-refractivity contribution in [3.8, 4) is 6.07 Å². The van der Waals surface area contributed by atoms with Crippen molar-refractivity contribution in [2.24, 2.45) is 0 Å². The molecule has 0 unspecified atom stereocenters. The Morgan fingerprint density at radius 3 is 2.35 bits per heavy atom. The van der Waals surface area contributed by atoms with E-state index in [-0.39, 0.29) is 24.1 Å². The fraction of sp³-hybridized carbons (Fsp3) is 0.0667. The molecule has 1 aliphatic heterocycles. The molecular formula is C15H9N3O2. The van der Waals surface area contributed by atoms with Gasteiger partial charge in [0.1, 0.15) is 5.82 Å². The summed E-state index contributed by atoms with van der Waals surface area (Å²) in [6.07, 6.45) is 1.70. The molecule has 2 heterocycles. The van der Waals surface area contributed by atoms with Gasteiger partial charge in [-0.3, -0.25) is 9.59 Å². The molecule has 0 saturated carbocycles. The van der Waals surface area contributed by atoms with Crippen LogP contribution in [0.2, 0.25) is 0 Å². The number of fused-ring (bicyclic) bond motifs is 1. The highest BCUT2D eigenvalue weighted by Gasteiger charge is 2.37. The van der Waals surface area contributed by atoms with E-state index in [4.69, 9.17) is 5.26 Å². The monoisotopic (exact) mass is 263 g/mol. The fourth-order valence-corrected chi connectivity index (χ4v) is 2.18. The largest absolute Gasteiger partial charge is 0.268 e. The van der Waals surface area contributed by atoms with Crippen LogP contribution in [0.1, 0.15) is 26.3 Å². The molecule has 5 heteroatoms. The van der Waals surface area contributed by atoms with E-state index in [0.717, 1.165) is 4.90 Å². The first-order chi connectivity index (χ1) is 9.72. The molecule has 0 saturated heterocycles. The molecule has 0 radical (unpaired) electrons. The number of anilines is 1. The summed E-state index contributed by atoms with van der Waals surface area (Å²) in [6, 6.07) is 12.0. The third kappa shape index (κ3) is 1.75. The average molecular weight is 263 g/mol. The minimum Gasteiger partial charge on any atom is -0.268 e. The smallest absolute Gasteiger partial charge is 0.267 e. The maximum atomic E-state index is 12.3. The Balaban J connectivity index is 2.05. The maximum absolute atomic E-state index is 12.3. The average Bonchev–Trinajstić information content (AvgIpc) is 2.72. The van der Waals surface area contributed by atoms with E-state index in [1.165, 1.54) is 6.20 Å². The first-order valence-electron chi connectivity index (χ1n) is 6.02. The van der Waals surface area contributed by atoms with Gasteiger partial charge in [0.25, 0.3) is 11.8 Å². The number of hydrogen-bond acceptors (Lipinski definition) is 4. The van der Waals surface area contributed by atoms with Crippen molar-refractivity contribution in [3.63, 3.8) is 0 Å². The molecule has 0 bridgehead atoms. The predicted molar refractivity (Wildman–Crippen MR) is 71.1 cm³/mol. The van der Waals surface area contributed by atoms with Crippen molar-refractivity contribution in [2.75, 3.05) is 4.90 Å². The second-order valence-electron chi connectivity index (χ2n) is 4.35. The lowest BCUT2D eigenvalue weighted by Crippen LogP contribution is -2.30. The quantitative estimate of drug-likeness (QED) is 0.776. The van der Waals surface area contributed by atoms with Gasteiger partial charge >= 0.3 is 0 Å². The van der Waals surface area contributed by atoms with Gasteiger partial charge in [-0.25, -0.2) is 9.88 Å². The van der Waals surface area contributed by atoms with Gasteiger partial charge < -0.3 is 0 Å². The molecule has 1 aromatic heterocycles. The molecule has 0 spiro atoms. The number of benzene rings is 1. The maximum Gasteiger partial charge on any atom is 0.267 e. The zero-order valence-corrected chi connectivity index (χ0v) is 10.4. The first kappa shape index (κ1) is 12.1. The van der Waals surface area contributed by atoms with Crippen molar-refractivity contribution in [3.05, 3.63) is 59.3 Å². The molecule has 2 aromatic rings. The minimum atomic E-state index is -0.382. The van der Waals surface area contributed by atoms with Crippen molar-refractivity contribution >= 4 is 17.6 Å². The lowest BCUT2D eigenvalue weighted by atomic mass is 10.1. The van der Waals surface area contributed by atoms with Crippen LogP contribution in [-0.4, -0.2) is 16.8 Å². The second kappa shape index (κ2) is 4.59. The van der Waals surface area contributed by atoms with Gasteiger partial charge in [-0.2, -0.15) is 5.26 Å². The summed E-state index contributed by atoms with van der Waals surface area (Å²) in [7, 11) is 0. The molecule has 0 N–H and O–H groups in total. The summed E-state index contributed by atoms with van der Waals surface area (Å²) < 4.78 is 0. The molecule has 0 aliphatic carbocycles. The van der Waals surface area contributed by atoms with Crippen LogP contribution in [0.5, 0.6) is 0 Å². The zero-order valence-electron chi connectivity index (χ0n) is 10.4. The lowest BCUT2D eigenvalue weighted by Gasteiger charge is -2.12. The van der Waals surface area contributed by atoms with E-state index in [1.54, 1.807) is 36.4 Å². The Morgan fingerprint density at radius 1 is 1.10 bits per heavy atom. The number of nitriles is 1. The Labute approximate surface area is 115 Å². The Kier molecular flexibility index (Phi) is 2.77. The van der Waals surface area contributed by atoms with Crippen LogP contribution in [0.3, 0.4) is 0 Å². The van der Waals surface area contributed by atoms with E-state index >= 15 is 0 Å². The van der Waals surface area contributed by atoms with E-state index in [9.17, 15) is 9.59 Å². The molecule has 3 rings (SSSR count). The third-order valence-electron chi connectivity index (χ3n) is 3.12. The van der Waals surface area contributed by atoms with Crippen molar-refractivity contribution in [1.82, 2.24) is 4.98 Å². The van der Waals surface area contributed by atoms with Crippen LogP contribution in [0.25, 0.3) is 0 Å². The van der Waals surface area contributed by atoms with Gasteiger partial charge in [-0.15, -0.1) is 0 Å². The topological polar surface area (TPSA) is 74.1 Å². The fourth-order valence-electron chi connectivity index (χ4n) is 2.18. The molecule has 96 valence electrons. The number of carbonyl (C=O) groups excluding carboxylic acids is 2. The number of pyridine rings is 1. The molecule has 1 aliphatic rings. The van der Waals surface area contributed by atoms with Crippen LogP contribution in [0, 0.1) is 11.3 Å². The Hall–Kier alpha value is -3.00. The van der Waals surface area contributed by atoms with Crippen LogP contribution in [0.4, 0.5) is 5.82 Å². The summed E-state index contributed by atoms with van der Waals surface area (Å²) >= 11 is 0. The summed E-state index contributed by atoms with van der Waals surface area (Å²) in [6.45, 7) is 0.